The van der Waals surface area contributed by atoms with E-state index < -0.39 is 0 Å². The SMILES string of the molecule is CC1(C)c2ccccc2-c2ccc3c(oc4ccc(-c5cccc(-c6c7ccccc7c(-c7ccc(-c8csc9ccccc89)cc7)c7ccccc67)c5)cc43)c21. The summed E-state index contributed by atoms with van der Waals surface area (Å²) in [6.07, 6.45) is 0. The molecule has 0 saturated carbocycles. The van der Waals surface area contributed by atoms with Gasteiger partial charge in [0.15, 0.2) is 0 Å². The molecule has 0 aliphatic heterocycles. The molecule has 2 heteroatoms. The monoisotopic (exact) mass is 744 g/mol. The lowest BCUT2D eigenvalue weighted by atomic mass is 9.82. The van der Waals surface area contributed by atoms with Crippen LogP contribution in [-0.2, 0) is 5.41 Å². The van der Waals surface area contributed by atoms with E-state index in [0.29, 0.717) is 0 Å². The lowest BCUT2D eigenvalue weighted by Crippen LogP contribution is -2.15. The molecule has 0 unspecified atom stereocenters. The van der Waals surface area contributed by atoms with E-state index in [0.717, 1.165) is 16.6 Å². The van der Waals surface area contributed by atoms with Crippen LogP contribution in [0.3, 0.4) is 0 Å². The summed E-state index contributed by atoms with van der Waals surface area (Å²) in [6, 6.07) is 64.9. The number of fused-ring (bicyclic) bond motifs is 10. The van der Waals surface area contributed by atoms with Crippen LogP contribution in [0.4, 0.5) is 0 Å². The number of benzene rings is 9. The summed E-state index contributed by atoms with van der Waals surface area (Å²) in [7, 11) is 0. The molecule has 0 N–H and O–H groups in total. The van der Waals surface area contributed by atoms with E-state index in [1.807, 2.05) is 11.3 Å². The lowest BCUT2D eigenvalue weighted by Gasteiger charge is -2.21. The standard InChI is InChI=1S/C55H36OS/c1-55(2)48-20-9-7-14-38(48)44-27-28-45-46-31-36(26-29-49(46)56-54(45)53(44)55)35-12-11-13-37(30-35)52-42-18-5-3-16-40(42)51(41-17-4-6-19-43(41)52)34-24-22-33(23-25-34)47-32-57-50-21-10-8-15-39(47)50/h3-32H,1-2H3. The average Bonchev–Trinajstić information content (AvgIpc) is 3.93. The normalized spacial score (nSPS) is 13.2. The summed E-state index contributed by atoms with van der Waals surface area (Å²) in [6.45, 7) is 4.65. The van der Waals surface area contributed by atoms with E-state index in [2.05, 4.69) is 195 Å². The second-order valence-corrected chi connectivity index (χ2v) is 16.9. The Kier molecular flexibility index (Phi) is 6.91. The van der Waals surface area contributed by atoms with E-state index in [4.69, 9.17) is 4.42 Å². The van der Waals surface area contributed by atoms with E-state index in [1.165, 1.54) is 104 Å². The van der Waals surface area contributed by atoms with Crippen LogP contribution in [0.15, 0.2) is 186 Å². The fourth-order valence-corrected chi connectivity index (χ4v) is 10.9. The van der Waals surface area contributed by atoms with Crippen molar-refractivity contribution in [1.82, 2.24) is 0 Å². The number of hydrogen-bond donors (Lipinski definition) is 0. The second kappa shape index (κ2) is 12.1. The molecule has 57 heavy (non-hydrogen) atoms. The molecule has 1 aliphatic rings. The molecular formula is C55H36OS. The van der Waals surface area contributed by atoms with Gasteiger partial charge in [-0.05, 0) is 113 Å². The summed E-state index contributed by atoms with van der Waals surface area (Å²) < 4.78 is 8.05. The van der Waals surface area contributed by atoms with Crippen molar-refractivity contribution >= 4 is 64.9 Å². The molecule has 2 heterocycles. The molecule has 268 valence electrons. The van der Waals surface area contributed by atoms with Gasteiger partial charge in [0.2, 0.25) is 0 Å². The highest BCUT2D eigenvalue weighted by Crippen LogP contribution is 2.53. The highest BCUT2D eigenvalue weighted by molar-refractivity contribution is 7.17. The van der Waals surface area contributed by atoms with E-state index in [-0.39, 0.29) is 5.41 Å². The van der Waals surface area contributed by atoms with Crippen LogP contribution in [0.2, 0.25) is 0 Å². The minimum Gasteiger partial charge on any atom is -0.456 e. The quantitative estimate of drug-likeness (QED) is 0.164. The van der Waals surface area contributed by atoms with Crippen molar-refractivity contribution in [2.45, 2.75) is 19.3 Å². The Morgan fingerprint density at radius 2 is 1.00 bits per heavy atom. The molecule has 1 aliphatic carbocycles. The van der Waals surface area contributed by atoms with Gasteiger partial charge in [0.05, 0.1) is 0 Å². The average molecular weight is 745 g/mol. The number of thiophene rings is 1. The van der Waals surface area contributed by atoms with Gasteiger partial charge < -0.3 is 4.42 Å². The molecule has 0 amide bonds. The van der Waals surface area contributed by atoms with Crippen LogP contribution >= 0.6 is 11.3 Å². The van der Waals surface area contributed by atoms with E-state index in [9.17, 15) is 0 Å². The summed E-state index contributed by atoms with van der Waals surface area (Å²) in [5, 5.41) is 11.0. The van der Waals surface area contributed by atoms with Crippen molar-refractivity contribution in [1.29, 1.82) is 0 Å². The van der Waals surface area contributed by atoms with E-state index in [1.54, 1.807) is 0 Å². The Morgan fingerprint density at radius 1 is 0.404 bits per heavy atom. The van der Waals surface area contributed by atoms with Crippen molar-refractivity contribution < 1.29 is 4.42 Å². The Balaban J connectivity index is 0.987. The Morgan fingerprint density at radius 3 is 1.75 bits per heavy atom. The summed E-state index contributed by atoms with van der Waals surface area (Å²) in [5.41, 5.74) is 16.9. The smallest absolute Gasteiger partial charge is 0.140 e. The highest BCUT2D eigenvalue weighted by atomic mass is 32.1. The largest absolute Gasteiger partial charge is 0.456 e. The van der Waals surface area contributed by atoms with Crippen LogP contribution in [0.25, 0.3) is 109 Å². The maximum Gasteiger partial charge on any atom is 0.140 e. The van der Waals surface area contributed by atoms with Crippen LogP contribution in [0, 0.1) is 0 Å². The second-order valence-electron chi connectivity index (χ2n) is 16.0. The fourth-order valence-electron chi connectivity index (χ4n) is 9.88. The van der Waals surface area contributed by atoms with Crippen LogP contribution < -0.4 is 0 Å². The van der Waals surface area contributed by atoms with Gasteiger partial charge in [0.25, 0.3) is 0 Å². The molecule has 0 atom stereocenters. The van der Waals surface area contributed by atoms with Gasteiger partial charge >= 0.3 is 0 Å². The predicted octanol–water partition coefficient (Wildman–Crippen LogP) is 16.1. The third kappa shape index (κ3) is 4.75. The van der Waals surface area contributed by atoms with Gasteiger partial charge in [0.1, 0.15) is 11.2 Å². The predicted molar refractivity (Wildman–Crippen MR) is 243 cm³/mol. The number of hydrogen-bond acceptors (Lipinski definition) is 2. The first-order valence-corrected chi connectivity index (χ1v) is 20.6. The first-order valence-electron chi connectivity index (χ1n) is 19.7. The van der Waals surface area contributed by atoms with Gasteiger partial charge in [-0.1, -0.05) is 159 Å². The summed E-state index contributed by atoms with van der Waals surface area (Å²) in [4.78, 5) is 0. The molecule has 0 saturated heterocycles. The highest BCUT2D eigenvalue weighted by Gasteiger charge is 2.38. The van der Waals surface area contributed by atoms with Gasteiger partial charge in [-0.3, -0.25) is 0 Å². The maximum atomic E-state index is 6.73. The first kappa shape index (κ1) is 32.5. The molecule has 0 spiro atoms. The third-order valence-electron chi connectivity index (χ3n) is 12.5. The molecule has 0 fully saturated rings. The summed E-state index contributed by atoms with van der Waals surface area (Å²) >= 11 is 1.81. The van der Waals surface area contributed by atoms with Crippen molar-refractivity contribution in [2.75, 3.05) is 0 Å². The Bertz CT molecular complexity index is 3370. The minimum atomic E-state index is -0.138. The van der Waals surface area contributed by atoms with Crippen molar-refractivity contribution in [2.24, 2.45) is 0 Å². The topological polar surface area (TPSA) is 13.1 Å². The Hall–Kier alpha value is -6.74. The molecule has 0 radical (unpaired) electrons. The molecule has 11 aromatic rings. The molecule has 12 rings (SSSR count). The maximum absolute atomic E-state index is 6.73. The first-order chi connectivity index (χ1) is 28.0. The third-order valence-corrected chi connectivity index (χ3v) is 13.5. The van der Waals surface area contributed by atoms with Crippen LogP contribution in [0.1, 0.15) is 25.0 Å². The molecule has 1 nitrogen and oxygen atoms in total. The number of rotatable bonds is 4. The molecule has 2 aromatic heterocycles. The van der Waals surface area contributed by atoms with Crippen molar-refractivity contribution in [3.63, 3.8) is 0 Å². The van der Waals surface area contributed by atoms with Gasteiger partial charge in [-0.25, -0.2) is 0 Å². The minimum absolute atomic E-state index is 0.138. The molecule has 0 bridgehead atoms. The fraction of sp³-hybridized carbons (Fsp3) is 0.0545. The van der Waals surface area contributed by atoms with Gasteiger partial charge in [-0.2, -0.15) is 0 Å². The zero-order valence-electron chi connectivity index (χ0n) is 31.6. The van der Waals surface area contributed by atoms with Crippen LogP contribution in [0.5, 0.6) is 0 Å². The Labute approximate surface area is 335 Å². The van der Waals surface area contributed by atoms with Crippen molar-refractivity contribution in [3.8, 4) is 55.6 Å². The summed E-state index contributed by atoms with van der Waals surface area (Å²) in [5.74, 6) is 0. The van der Waals surface area contributed by atoms with Gasteiger partial charge in [-0.15, -0.1) is 11.3 Å². The lowest BCUT2D eigenvalue weighted by molar-refractivity contribution is 0.620. The number of furan rings is 1. The molecular weight excluding hydrogens is 709 g/mol. The molecule has 9 aromatic carbocycles. The zero-order chi connectivity index (χ0) is 37.8. The van der Waals surface area contributed by atoms with Gasteiger partial charge in [0, 0.05) is 37.4 Å². The van der Waals surface area contributed by atoms with Crippen LogP contribution in [-0.4, -0.2) is 0 Å². The van der Waals surface area contributed by atoms with Crippen molar-refractivity contribution in [3.05, 3.63) is 192 Å². The van der Waals surface area contributed by atoms with E-state index >= 15 is 0 Å². The zero-order valence-corrected chi connectivity index (χ0v) is 32.5.